The quantitative estimate of drug-likeness (QED) is 0.776. The molecule has 0 amide bonds. The summed E-state index contributed by atoms with van der Waals surface area (Å²) in [5.74, 6) is 0. The third-order valence-electron chi connectivity index (χ3n) is 3.02. The van der Waals surface area contributed by atoms with Crippen LogP contribution in [-0.2, 0) is 0 Å². The molecule has 0 unspecified atom stereocenters. The van der Waals surface area contributed by atoms with Gasteiger partial charge in [-0.1, -0.05) is 17.7 Å². The molecule has 0 bridgehead atoms. The van der Waals surface area contributed by atoms with E-state index in [9.17, 15) is 0 Å². The number of nitriles is 1. The smallest absolute Gasteiger partial charge is 0.101 e. The van der Waals surface area contributed by atoms with Crippen LogP contribution in [0.2, 0.25) is 5.02 Å². The van der Waals surface area contributed by atoms with E-state index in [1.165, 1.54) is 5.57 Å². The number of rotatable bonds is 1. The molecule has 17 heavy (non-hydrogen) atoms. The summed E-state index contributed by atoms with van der Waals surface area (Å²) in [5, 5.41) is 9.60. The van der Waals surface area contributed by atoms with Crippen LogP contribution in [-0.4, -0.2) is 25.0 Å². The fourth-order valence-corrected chi connectivity index (χ4v) is 2.24. The number of nitrogens with two attached hydrogens (primary N) is 1. The molecule has 1 aliphatic rings. The first-order chi connectivity index (χ1) is 8.11. The fraction of sp³-hybridized carbons (Fsp3) is 0.308. The van der Waals surface area contributed by atoms with E-state index in [1.54, 1.807) is 12.1 Å². The van der Waals surface area contributed by atoms with Crippen molar-refractivity contribution in [1.29, 1.82) is 5.26 Å². The number of hydrogen-bond acceptors (Lipinski definition) is 3. The highest BCUT2D eigenvalue weighted by atomic mass is 35.5. The normalized spacial score (nSPS) is 16.4. The predicted molar refractivity (Wildman–Crippen MR) is 70.7 cm³/mol. The van der Waals surface area contributed by atoms with Crippen molar-refractivity contribution in [2.24, 2.45) is 0 Å². The molecule has 1 heterocycles. The van der Waals surface area contributed by atoms with Crippen LogP contribution in [0.25, 0.3) is 5.57 Å². The predicted octanol–water partition coefficient (Wildman–Crippen LogP) is 2.51. The second kappa shape index (κ2) is 4.79. The molecule has 0 spiro atoms. The molecule has 3 nitrogen and oxygen atoms in total. The lowest BCUT2D eigenvalue weighted by molar-refractivity contribution is 0.370. The van der Waals surface area contributed by atoms with Gasteiger partial charge in [0.25, 0.3) is 0 Å². The Balaban J connectivity index is 2.43. The number of likely N-dealkylation sites (N-methyl/N-ethyl adjacent to an activating group) is 1. The van der Waals surface area contributed by atoms with E-state index in [0.29, 0.717) is 16.3 Å². The van der Waals surface area contributed by atoms with Crippen molar-refractivity contribution in [2.75, 3.05) is 25.9 Å². The van der Waals surface area contributed by atoms with E-state index in [2.05, 4.69) is 24.1 Å². The molecule has 88 valence electrons. The Morgan fingerprint density at radius 1 is 1.47 bits per heavy atom. The summed E-state index contributed by atoms with van der Waals surface area (Å²) in [6, 6.07) is 5.54. The summed E-state index contributed by atoms with van der Waals surface area (Å²) in [4.78, 5) is 2.24. The lowest BCUT2D eigenvalue weighted by Gasteiger charge is -2.22. The van der Waals surface area contributed by atoms with E-state index in [4.69, 9.17) is 22.6 Å². The minimum atomic E-state index is 0.440. The highest BCUT2D eigenvalue weighted by molar-refractivity contribution is 6.32. The Bertz CT molecular complexity index is 514. The number of nitrogens with zero attached hydrogens (tertiary/aromatic N) is 2. The van der Waals surface area contributed by atoms with E-state index in [-0.39, 0.29) is 0 Å². The van der Waals surface area contributed by atoms with Crippen LogP contribution in [0.4, 0.5) is 5.69 Å². The highest BCUT2D eigenvalue weighted by Gasteiger charge is 2.14. The molecule has 1 aliphatic heterocycles. The number of hydrogen-bond donors (Lipinski definition) is 1. The summed E-state index contributed by atoms with van der Waals surface area (Å²) in [5.41, 5.74) is 8.78. The maximum atomic E-state index is 8.97. The first-order valence-electron chi connectivity index (χ1n) is 5.49. The largest absolute Gasteiger partial charge is 0.398 e. The molecule has 0 fully saturated rings. The van der Waals surface area contributed by atoms with Crippen LogP contribution < -0.4 is 5.73 Å². The first kappa shape index (κ1) is 12.0. The molecule has 2 rings (SSSR count). The number of anilines is 1. The second-order valence-electron chi connectivity index (χ2n) is 4.27. The Morgan fingerprint density at radius 3 is 2.82 bits per heavy atom. The zero-order valence-electron chi connectivity index (χ0n) is 9.70. The summed E-state index contributed by atoms with van der Waals surface area (Å²) in [6.07, 6.45) is 3.10. The zero-order chi connectivity index (χ0) is 12.4. The van der Waals surface area contributed by atoms with Crippen molar-refractivity contribution >= 4 is 22.9 Å². The number of benzene rings is 1. The van der Waals surface area contributed by atoms with E-state index < -0.39 is 0 Å². The van der Waals surface area contributed by atoms with Crippen LogP contribution in [0.3, 0.4) is 0 Å². The molecule has 1 aromatic rings. The van der Waals surface area contributed by atoms with Gasteiger partial charge < -0.3 is 10.6 Å². The molecular formula is C13H14ClN3. The zero-order valence-corrected chi connectivity index (χ0v) is 10.5. The van der Waals surface area contributed by atoms with Gasteiger partial charge >= 0.3 is 0 Å². The van der Waals surface area contributed by atoms with Crippen LogP contribution >= 0.6 is 11.6 Å². The van der Waals surface area contributed by atoms with E-state index in [1.807, 2.05) is 0 Å². The monoisotopic (exact) mass is 247 g/mol. The van der Waals surface area contributed by atoms with Crippen molar-refractivity contribution in [1.82, 2.24) is 4.90 Å². The molecule has 2 N–H and O–H groups in total. The van der Waals surface area contributed by atoms with Gasteiger partial charge in [-0.3, -0.25) is 0 Å². The number of nitrogen functional groups attached to an aromatic ring is 1. The summed E-state index contributed by atoms with van der Waals surface area (Å²) in [6.45, 7) is 1.92. The SMILES string of the molecule is CN1CC=C(c2cc(C#N)c(N)cc2Cl)CC1. The van der Waals surface area contributed by atoms with Crippen LogP contribution in [0, 0.1) is 11.3 Å². The van der Waals surface area contributed by atoms with Gasteiger partial charge in [0.2, 0.25) is 0 Å². The Labute approximate surface area is 106 Å². The lowest BCUT2D eigenvalue weighted by atomic mass is 9.97. The van der Waals surface area contributed by atoms with Gasteiger partial charge in [0.15, 0.2) is 0 Å². The summed E-state index contributed by atoms with van der Waals surface area (Å²) in [7, 11) is 2.08. The minimum Gasteiger partial charge on any atom is -0.398 e. The lowest BCUT2D eigenvalue weighted by Crippen LogP contribution is -2.23. The number of halogens is 1. The molecule has 1 aromatic carbocycles. The van der Waals surface area contributed by atoms with Gasteiger partial charge in [0, 0.05) is 13.1 Å². The molecule has 4 heteroatoms. The minimum absolute atomic E-state index is 0.440. The third-order valence-corrected chi connectivity index (χ3v) is 3.33. The van der Waals surface area contributed by atoms with Gasteiger partial charge in [-0.25, -0.2) is 0 Å². The first-order valence-corrected chi connectivity index (χ1v) is 5.86. The van der Waals surface area contributed by atoms with E-state index in [0.717, 1.165) is 25.1 Å². The molecule has 0 saturated carbocycles. The average molecular weight is 248 g/mol. The van der Waals surface area contributed by atoms with Gasteiger partial charge in [-0.2, -0.15) is 5.26 Å². The van der Waals surface area contributed by atoms with Gasteiger partial charge in [0.1, 0.15) is 6.07 Å². The average Bonchev–Trinajstić information content (AvgIpc) is 2.31. The standard InChI is InChI=1S/C13H14ClN3/c1-17-4-2-9(3-5-17)11-6-10(8-15)13(16)7-12(11)14/h2,6-7H,3-5,16H2,1H3. The Kier molecular flexibility index (Phi) is 3.37. The van der Waals surface area contributed by atoms with Crippen LogP contribution in [0.15, 0.2) is 18.2 Å². The van der Waals surface area contributed by atoms with Crippen molar-refractivity contribution in [3.8, 4) is 6.07 Å². The molecule has 0 saturated heterocycles. The Hall–Kier alpha value is -1.50. The van der Waals surface area contributed by atoms with Crippen molar-refractivity contribution in [3.63, 3.8) is 0 Å². The molecular weight excluding hydrogens is 234 g/mol. The summed E-state index contributed by atoms with van der Waals surface area (Å²) < 4.78 is 0. The molecule has 0 radical (unpaired) electrons. The van der Waals surface area contributed by atoms with Gasteiger partial charge in [-0.05, 0) is 36.7 Å². The Morgan fingerprint density at radius 2 is 2.24 bits per heavy atom. The molecule has 0 aromatic heterocycles. The topological polar surface area (TPSA) is 53.0 Å². The molecule has 0 atom stereocenters. The summed E-state index contributed by atoms with van der Waals surface area (Å²) >= 11 is 6.18. The third kappa shape index (κ3) is 2.44. The van der Waals surface area contributed by atoms with Crippen LogP contribution in [0.1, 0.15) is 17.5 Å². The molecule has 0 aliphatic carbocycles. The second-order valence-corrected chi connectivity index (χ2v) is 4.68. The maximum Gasteiger partial charge on any atom is 0.101 e. The van der Waals surface area contributed by atoms with Crippen LogP contribution in [0.5, 0.6) is 0 Å². The van der Waals surface area contributed by atoms with Gasteiger partial charge in [0.05, 0.1) is 16.3 Å². The highest BCUT2D eigenvalue weighted by Crippen LogP contribution is 2.31. The van der Waals surface area contributed by atoms with E-state index >= 15 is 0 Å². The maximum absolute atomic E-state index is 8.97. The fourth-order valence-electron chi connectivity index (χ4n) is 1.95. The van der Waals surface area contributed by atoms with Crippen molar-refractivity contribution < 1.29 is 0 Å². The van der Waals surface area contributed by atoms with Crippen molar-refractivity contribution in [2.45, 2.75) is 6.42 Å². The van der Waals surface area contributed by atoms with Gasteiger partial charge in [-0.15, -0.1) is 0 Å². The van der Waals surface area contributed by atoms with Crippen molar-refractivity contribution in [3.05, 3.63) is 34.4 Å².